The molecule has 0 aliphatic heterocycles. The van der Waals surface area contributed by atoms with E-state index in [0.29, 0.717) is 6.54 Å². The summed E-state index contributed by atoms with van der Waals surface area (Å²) in [4.78, 5) is 9.00. The number of imidazole rings is 1. The fourth-order valence-corrected chi connectivity index (χ4v) is 3.03. The second kappa shape index (κ2) is 6.36. The highest BCUT2D eigenvalue weighted by Crippen LogP contribution is 2.29. The first-order valence-electron chi connectivity index (χ1n) is 8.27. The van der Waals surface area contributed by atoms with Crippen molar-refractivity contribution in [2.75, 3.05) is 5.32 Å². The van der Waals surface area contributed by atoms with Gasteiger partial charge in [-0.05, 0) is 37.1 Å². The van der Waals surface area contributed by atoms with Crippen LogP contribution < -0.4 is 5.32 Å². The first-order chi connectivity index (χ1) is 12.2. The molecule has 0 unspecified atom stereocenters. The van der Waals surface area contributed by atoms with Crippen molar-refractivity contribution in [3.63, 3.8) is 0 Å². The molecule has 0 atom stereocenters. The number of pyridine rings is 1. The van der Waals surface area contributed by atoms with Crippen LogP contribution in [0.15, 0.2) is 60.9 Å². The minimum atomic E-state index is 0.649. The average Bonchev–Trinajstić information content (AvgIpc) is 3.00. The van der Waals surface area contributed by atoms with Crippen LogP contribution in [-0.4, -0.2) is 19.6 Å². The van der Waals surface area contributed by atoms with E-state index < -0.39 is 0 Å². The third kappa shape index (κ3) is 2.96. The molecule has 4 rings (SSSR count). The number of aromatic nitrogens is 4. The van der Waals surface area contributed by atoms with E-state index in [0.717, 1.165) is 39.5 Å². The van der Waals surface area contributed by atoms with Crippen LogP contribution in [0.2, 0.25) is 0 Å². The van der Waals surface area contributed by atoms with E-state index in [9.17, 15) is 0 Å². The Morgan fingerprint density at radius 2 is 1.88 bits per heavy atom. The maximum absolute atomic E-state index is 4.85. The Hall–Kier alpha value is -3.21. The molecule has 4 aromatic rings. The van der Waals surface area contributed by atoms with Gasteiger partial charge in [0.15, 0.2) is 0 Å². The van der Waals surface area contributed by atoms with E-state index in [4.69, 9.17) is 4.98 Å². The maximum Gasteiger partial charge on any atom is 0.225 e. The quantitative estimate of drug-likeness (QED) is 0.614. The molecule has 0 spiro atoms. The Kier molecular flexibility index (Phi) is 3.90. The molecule has 0 saturated carbocycles. The number of rotatable bonds is 4. The normalized spacial score (nSPS) is 11.0. The summed E-state index contributed by atoms with van der Waals surface area (Å²) in [7, 11) is 0. The lowest BCUT2D eigenvalue weighted by atomic mass is 10.1. The molecule has 3 aromatic heterocycles. The molecule has 124 valence electrons. The molecule has 5 heteroatoms. The summed E-state index contributed by atoms with van der Waals surface area (Å²) in [5, 5.41) is 8.07. The highest BCUT2D eigenvalue weighted by molar-refractivity contribution is 5.81. The van der Waals surface area contributed by atoms with Crippen molar-refractivity contribution in [3.8, 4) is 11.3 Å². The molecule has 3 heterocycles. The van der Waals surface area contributed by atoms with E-state index in [2.05, 4.69) is 40.5 Å². The molecule has 0 saturated heterocycles. The Morgan fingerprint density at radius 3 is 2.64 bits per heavy atom. The third-order valence-electron chi connectivity index (χ3n) is 4.13. The SMILES string of the molecule is Cc1cc(C)c2c(-c3ccccc3)nc(NCc3cccnc3)n2n1. The zero-order valence-electron chi connectivity index (χ0n) is 14.3. The number of benzene rings is 1. The van der Waals surface area contributed by atoms with E-state index >= 15 is 0 Å². The van der Waals surface area contributed by atoms with Gasteiger partial charge in [-0.1, -0.05) is 36.4 Å². The van der Waals surface area contributed by atoms with E-state index in [1.54, 1.807) is 6.20 Å². The number of hydrogen-bond acceptors (Lipinski definition) is 4. The number of hydrogen-bond donors (Lipinski definition) is 1. The van der Waals surface area contributed by atoms with Crippen LogP contribution in [0.25, 0.3) is 16.8 Å². The lowest BCUT2D eigenvalue weighted by Gasteiger charge is -2.06. The van der Waals surface area contributed by atoms with Gasteiger partial charge >= 0.3 is 0 Å². The van der Waals surface area contributed by atoms with Crippen molar-refractivity contribution in [1.29, 1.82) is 0 Å². The van der Waals surface area contributed by atoms with Gasteiger partial charge in [-0.2, -0.15) is 9.61 Å². The van der Waals surface area contributed by atoms with Crippen molar-refractivity contribution in [1.82, 2.24) is 19.6 Å². The van der Waals surface area contributed by atoms with E-state index in [1.807, 2.05) is 48.0 Å². The zero-order chi connectivity index (χ0) is 17.2. The maximum atomic E-state index is 4.85. The second-order valence-electron chi connectivity index (χ2n) is 6.09. The summed E-state index contributed by atoms with van der Waals surface area (Å²) in [6, 6.07) is 16.3. The number of fused-ring (bicyclic) bond motifs is 1. The van der Waals surface area contributed by atoms with Crippen molar-refractivity contribution >= 4 is 11.5 Å². The first kappa shape index (κ1) is 15.3. The summed E-state index contributed by atoms with van der Waals surface area (Å²) in [5.74, 6) is 0.740. The Balaban J connectivity index is 1.81. The third-order valence-corrected chi connectivity index (χ3v) is 4.13. The van der Waals surface area contributed by atoms with Gasteiger partial charge in [-0.15, -0.1) is 0 Å². The van der Waals surface area contributed by atoms with Crippen LogP contribution in [-0.2, 0) is 6.54 Å². The van der Waals surface area contributed by atoms with Crippen LogP contribution in [0, 0.1) is 13.8 Å². The Morgan fingerprint density at radius 1 is 1.04 bits per heavy atom. The Bertz CT molecular complexity index is 1010. The van der Waals surface area contributed by atoms with Gasteiger partial charge in [-0.3, -0.25) is 4.98 Å². The van der Waals surface area contributed by atoms with Crippen LogP contribution in [0.4, 0.5) is 5.95 Å². The lowest BCUT2D eigenvalue weighted by molar-refractivity contribution is 0.879. The molecule has 1 N–H and O–H groups in total. The minimum absolute atomic E-state index is 0.649. The first-order valence-corrected chi connectivity index (χ1v) is 8.27. The number of anilines is 1. The smallest absolute Gasteiger partial charge is 0.225 e. The number of nitrogens with one attached hydrogen (secondary N) is 1. The van der Waals surface area contributed by atoms with Crippen LogP contribution in [0.5, 0.6) is 0 Å². The number of aryl methyl sites for hydroxylation is 2. The van der Waals surface area contributed by atoms with Gasteiger partial charge in [-0.25, -0.2) is 4.98 Å². The lowest BCUT2D eigenvalue weighted by Crippen LogP contribution is -2.06. The molecule has 0 fully saturated rings. The Labute approximate surface area is 146 Å². The fourth-order valence-electron chi connectivity index (χ4n) is 3.03. The average molecular weight is 329 g/mol. The standard InChI is InChI=1S/C20H19N5/c1-14-11-15(2)24-25-19(14)18(17-8-4-3-5-9-17)23-20(25)22-13-16-7-6-10-21-12-16/h3-12H,13H2,1-2H3,(H,22,23). The molecule has 25 heavy (non-hydrogen) atoms. The summed E-state index contributed by atoms with van der Waals surface area (Å²) < 4.78 is 1.91. The van der Waals surface area contributed by atoms with Crippen molar-refractivity contribution in [2.45, 2.75) is 20.4 Å². The molecule has 0 bridgehead atoms. The van der Waals surface area contributed by atoms with Gasteiger partial charge in [0, 0.05) is 24.5 Å². The van der Waals surface area contributed by atoms with Crippen LogP contribution >= 0.6 is 0 Å². The zero-order valence-corrected chi connectivity index (χ0v) is 14.3. The predicted molar refractivity (Wildman–Crippen MR) is 99.5 cm³/mol. The van der Waals surface area contributed by atoms with Crippen molar-refractivity contribution < 1.29 is 0 Å². The van der Waals surface area contributed by atoms with Gasteiger partial charge in [0.05, 0.1) is 11.2 Å². The predicted octanol–water partition coefficient (Wildman–Crippen LogP) is 4.02. The monoisotopic (exact) mass is 329 g/mol. The molecular weight excluding hydrogens is 310 g/mol. The van der Waals surface area contributed by atoms with E-state index in [1.165, 1.54) is 0 Å². The summed E-state index contributed by atoms with van der Waals surface area (Å²) in [6.07, 6.45) is 3.63. The fraction of sp³-hybridized carbons (Fsp3) is 0.150. The topological polar surface area (TPSA) is 55.1 Å². The van der Waals surface area contributed by atoms with Gasteiger partial charge in [0.2, 0.25) is 5.95 Å². The molecule has 0 amide bonds. The highest BCUT2D eigenvalue weighted by Gasteiger charge is 2.16. The molecule has 0 aliphatic rings. The van der Waals surface area contributed by atoms with Crippen molar-refractivity contribution in [3.05, 3.63) is 77.7 Å². The summed E-state index contributed by atoms with van der Waals surface area (Å²) in [6.45, 7) is 4.75. The minimum Gasteiger partial charge on any atom is -0.350 e. The van der Waals surface area contributed by atoms with Crippen molar-refractivity contribution in [2.24, 2.45) is 0 Å². The molecule has 0 radical (unpaired) electrons. The number of nitrogens with zero attached hydrogens (tertiary/aromatic N) is 4. The largest absolute Gasteiger partial charge is 0.350 e. The van der Waals surface area contributed by atoms with Gasteiger partial charge in [0.1, 0.15) is 5.69 Å². The highest BCUT2D eigenvalue weighted by atomic mass is 15.3. The summed E-state index contributed by atoms with van der Waals surface area (Å²) >= 11 is 0. The van der Waals surface area contributed by atoms with Crippen LogP contribution in [0.3, 0.4) is 0 Å². The molecule has 1 aromatic carbocycles. The summed E-state index contributed by atoms with van der Waals surface area (Å²) in [5.41, 5.74) is 6.29. The van der Waals surface area contributed by atoms with Gasteiger partial charge in [0.25, 0.3) is 0 Å². The molecular formula is C20H19N5. The molecule has 0 aliphatic carbocycles. The van der Waals surface area contributed by atoms with Crippen LogP contribution in [0.1, 0.15) is 16.8 Å². The molecule has 5 nitrogen and oxygen atoms in total. The van der Waals surface area contributed by atoms with E-state index in [-0.39, 0.29) is 0 Å². The van der Waals surface area contributed by atoms with Gasteiger partial charge < -0.3 is 5.32 Å². The second-order valence-corrected chi connectivity index (χ2v) is 6.09.